The Morgan fingerprint density at radius 2 is 2.42 bits per heavy atom. The van der Waals surface area contributed by atoms with Gasteiger partial charge in [-0.15, -0.1) is 11.3 Å². The lowest BCUT2D eigenvalue weighted by Gasteiger charge is -1.95. The molecule has 0 radical (unpaired) electrons. The lowest BCUT2D eigenvalue weighted by Crippen LogP contribution is -2.29. The van der Waals surface area contributed by atoms with Gasteiger partial charge in [-0.25, -0.2) is 5.84 Å². The summed E-state index contributed by atoms with van der Waals surface area (Å²) in [4.78, 5) is 22.8. The first-order valence-corrected chi connectivity index (χ1v) is 6.11. The van der Waals surface area contributed by atoms with E-state index in [1.165, 1.54) is 28.3 Å². The second-order valence-corrected chi connectivity index (χ2v) is 5.05. The normalized spacial score (nSPS) is 10.4. The maximum absolute atomic E-state index is 11.4. The quantitative estimate of drug-likeness (QED) is 0.372. The number of nitrogens with two attached hydrogens (primary N) is 1. The average molecular weight is 281 g/mol. The molecule has 3 N–H and O–H groups in total. The highest BCUT2D eigenvalue weighted by molar-refractivity contribution is 7.14. The summed E-state index contributed by atoms with van der Waals surface area (Å²) in [6.45, 7) is 2.24. The van der Waals surface area contributed by atoms with E-state index in [9.17, 15) is 14.9 Å². The number of nitrogen functional groups attached to an aromatic ring is 1. The van der Waals surface area contributed by atoms with Crippen LogP contribution >= 0.6 is 11.3 Å². The van der Waals surface area contributed by atoms with Gasteiger partial charge < -0.3 is 10.1 Å². The number of hydrazine groups is 1. The summed E-state index contributed by atoms with van der Waals surface area (Å²) in [6, 6.07) is 3.03. The molecule has 0 unspecified atom stereocenters. The molecule has 0 saturated carbocycles. The fourth-order valence-corrected chi connectivity index (χ4v) is 2.51. The molecule has 2 aromatic rings. The second-order valence-electron chi connectivity index (χ2n) is 3.79. The van der Waals surface area contributed by atoms with E-state index in [1.807, 2.05) is 6.92 Å². The number of amides is 1. The SMILES string of the molecule is Cc1sc(C(=O)NN)cc1Cn1ccc([N+](=O)[O-])n1. The molecule has 19 heavy (non-hydrogen) atoms. The predicted molar refractivity (Wildman–Crippen MR) is 68.7 cm³/mol. The standard InChI is InChI=1S/C10H11N5O3S/c1-6-7(4-8(19-6)10(16)12-11)5-14-3-2-9(13-14)15(17)18/h2-4H,5,11H2,1H3,(H,12,16). The van der Waals surface area contributed by atoms with Crippen molar-refractivity contribution in [3.63, 3.8) is 0 Å². The lowest BCUT2D eigenvalue weighted by atomic mass is 10.2. The van der Waals surface area contributed by atoms with Crippen molar-refractivity contribution in [1.29, 1.82) is 0 Å². The van der Waals surface area contributed by atoms with Gasteiger partial charge in [-0.1, -0.05) is 0 Å². The third kappa shape index (κ3) is 2.77. The minimum Gasteiger partial charge on any atom is -0.358 e. The molecule has 0 aliphatic rings. The molecule has 0 aliphatic heterocycles. The molecular weight excluding hydrogens is 270 g/mol. The van der Waals surface area contributed by atoms with Crippen LogP contribution in [-0.2, 0) is 6.54 Å². The van der Waals surface area contributed by atoms with Crippen LogP contribution in [0, 0.1) is 17.0 Å². The highest BCUT2D eigenvalue weighted by atomic mass is 32.1. The van der Waals surface area contributed by atoms with Gasteiger partial charge in [-0.3, -0.25) is 10.2 Å². The topological polar surface area (TPSA) is 116 Å². The van der Waals surface area contributed by atoms with Gasteiger partial charge >= 0.3 is 5.82 Å². The fraction of sp³-hybridized carbons (Fsp3) is 0.200. The fourth-order valence-electron chi connectivity index (χ4n) is 1.57. The lowest BCUT2D eigenvalue weighted by molar-refractivity contribution is -0.389. The zero-order chi connectivity index (χ0) is 14.0. The van der Waals surface area contributed by atoms with Crippen LogP contribution in [0.4, 0.5) is 5.82 Å². The summed E-state index contributed by atoms with van der Waals surface area (Å²) in [7, 11) is 0. The van der Waals surface area contributed by atoms with E-state index >= 15 is 0 Å². The summed E-state index contributed by atoms with van der Waals surface area (Å²) < 4.78 is 1.46. The van der Waals surface area contributed by atoms with Crippen LogP contribution in [-0.4, -0.2) is 20.6 Å². The van der Waals surface area contributed by atoms with Gasteiger partial charge in [0.2, 0.25) is 0 Å². The van der Waals surface area contributed by atoms with E-state index in [0.717, 1.165) is 10.4 Å². The summed E-state index contributed by atoms with van der Waals surface area (Å²) >= 11 is 1.31. The highest BCUT2D eigenvalue weighted by Crippen LogP contribution is 2.22. The molecular formula is C10H11N5O3S. The van der Waals surface area contributed by atoms with Gasteiger partial charge in [-0.2, -0.15) is 4.68 Å². The van der Waals surface area contributed by atoms with Gasteiger partial charge in [0.1, 0.15) is 0 Å². The molecule has 0 aromatic carbocycles. The molecule has 2 rings (SSSR count). The first-order chi connectivity index (χ1) is 9.01. The molecule has 0 bridgehead atoms. The van der Waals surface area contributed by atoms with Crippen LogP contribution in [0.2, 0.25) is 0 Å². The van der Waals surface area contributed by atoms with Crippen molar-refractivity contribution in [3.8, 4) is 0 Å². The minimum absolute atomic E-state index is 0.201. The van der Waals surface area contributed by atoms with Crippen molar-refractivity contribution in [2.45, 2.75) is 13.5 Å². The van der Waals surface area contributed by atoms with Gasteiger partial charge in [0, 0.05) is 4.88 Å². The van der Waals surface area contributed by atoms with Crippen LogP contribution in [0.15, 0.2) is 18.3 Å². The van der Waals surface area contributed by atoms with Crippen LogP contribution in [0.5, 0.6) is 0 Å². The Bertz CT molecular complexity index is 633. The van der Waals surface area contributed by atoms with Crippen molar-refractivity contribution in [2.24, 2.45) is 5.84 Å². The number of hydrogen-bond donors (Lipinski definition) is 2. The first kappa shape index (κ1) is 13.2. The summed E-state index contributed by atoms with van der Waals surface area (Å²) in [6.07, 6.45) is 1.53. The maximum atomic E-state index is 11.4. The van der Waals surface area contributed by atoms with E-state index in [4.69, 9.17) is 5.84 Å². The van der Waals surface area contributed by atoms with Crippen LogP contribution in [0.25, 0.3) is 0 Å². The Labute approximate surface area is 112 Å². The van der Waals surface area contributed by atoms with E-state index in [-0.39, 0.29) is 11.7 Å². The Morgan fingerprint density at radius 1 is 1.68 bits per heavy atom. The van der Waals surface area contributed by atoms with Crippen molar-refractivity contribution >= 4 is 23.1 Å². The van der Waals surface area contributed by atoms with Crippen molar-refractivity contribution in [3.05, 3.63) is 43.8 Å². The Morgan fingerprint density at radius 3 is 3.00 bits per heavy atom. The number of carbonyl (C=O) groups is 1. The van der Waals surface area contributed by atoms with Gasteiger partial charge in [0.05, 0.1) is 28.8 Å². The zero-order valence-corrected chi connectivity index (χ0v) is 10.8. The monoisotopic (exact) mass is 281 g/mol. The number of aromatic nitrogens is 2. The zero-order valence-electron chi connectivity index (χ0n) is 9.99. The number of nitrogens with zero attached hydrogens (tertiary/aromatic N) is 3. The molecule has 8 nitrogen and oxygen atoms in total. The Hall–Kier alpha value is -2.26. The summed E-state index contributed by atoms with van der Waals surface area (Å²) in [5.74, 6) is 4.51. The largest absolute Gasteiger partial charge is 0.389 e. The molecule has 2 heterocycles. The van der Waals surface area contributed by atoms with Crippen LogP contribution in [0.3, 0.4) is 0 Å². The van der Waals surface area contributed by atoms with Crippen molar-refractivity contribution in [2.75, 3.05) is 0 Å². The predicted octanol–water partition coefficient (Wildman–Crippen LogP) is 0.813. The van der Waals surface area contributed by atoms with Crippen LogP contribution in [0.1, 0.15) is 20.1 Å². The van der Waals surface area contributed by atoms with Gasteiger partial charge in [0.25, 0.3) is 5.91 Å². The molecule has 9 heteroatoms. The molecule has 2 aromatic heterocycles. The smallest absolute Gasteiger partial charge is 0.358 e. The second kappa shape index (κ2) is 5.16. The molecule has 1 amide bonds. The molecule has 0 spiro atoms. The van der Waals surface area contributed by atoms with E-state index in [0.29, 0.717) is 11.4 Å². The van der Waals surface area contributed by atoms with Crippen LogP contribution < -0.4 is 11.3 Å². The van der Waals surface area contributed by atoms with Gasteiger partial charge in [0.15, 0.2) is 0 Å². The molecule has 100 valence electrons. The highest BCUT2D eigenvalue weighted by Gasteiger charge is 2.15. The number of rotatable bonds is 4. The summed E-state index contributed by atoms with van der Waals surface area (Å²) in [5, 5.41) is 14.3. The summed E-state index contributed by atoms with van der Waals surface area (Å²) in [5.41, 5.74) is 2.94. The first-order valence-electron chi connectivity index (χ1n) is 5.29. The Balaban J connectivity index is 2.20. The number of thiophene rings is 1. The molecule has 0 saturated heterocycles. The maximum Gasteiger partial charge on any atom is 0.389 e. The third-order valence-electron chi connectivity index (χ3n) is 2.52. The third-order valence-corrected chi connectivity index (χ3v) is 3.61. The minimum atomic E-state index is -0.551. The van der Waals surface area contributed by atoms with E-state index in [1.54, 1.807) is 6.07 Å². The number of hydrogen-bond acceptors (Lipinski definition) is 6. The molecule has 0 aliphatic carbocycles. The van der Waals surface area contributed by atoms with Crippen molar-refractivity contribution < 1.29 is 9.72 Å². The molecule has 0 atom stereocenters. The Kier molecular flexibility index (Phi) is 3.58. The number of aryl methyl sites for hydroxylation is 1. The van der Waals surface area contributed by atoms with Crippen molar-refractivity contribution in [1.82, 2.24) is 15.2 Å². The van der Waals surface area contributed by atoms with E-state index < -0.39 is 4.92 Å². The van der Waals surface area contributed by atoms with Gasteiger partial charge in [-0.05, 0) is 23.5 Å². The molecule has 0 fully saturated rings. The number of carbonyl (C=O) groups excluding carboxylic acids is 1. The average Bonchev–Trinajstić information content (AvgIpc) is 2.97. The number of nitrogens with one attached hydrogen (secondary N) is 1. The number of nitro groups is 1. The van der Waals surface area contributed by atoms with E-state index in [2.05, 4.69) is 10.5 Å².